The molecule has 1 aromatic rings. The van der Waals surface area contributed by atoms with Crippen LogP contribution < -0.4 is 11.1 Å². The summed E-state index contributed by atoms with van der Waals surface area (Å²) in [6, 6.07) is 5.53. The number of halogens is 2. The molecule has 0 aromatic heterocycles. The first-order valence-corrected chi connectivity index (χ1v) is 7.44. The van der Waals surface area contributed by atoms with E-state index < -0.39 is 5.54 Å². The van der Waals surface area contributed by atoms with Gasteiger partial charge in [0.1, 0.15) is 5.54 Å². The van der Waals surface area contributed by atoms with E-state index in [1.165, 1.54) is 0 Å². The first-order chi connectivity index (χ1) is 8.74. The Morgan fingerprint density at radius 3 is 2.58 bits per heavy atom. The molecule has 1 amide bonds. The van der Waals surface area contributed by atoms with Gasteiger partial charge in [-0.25, -0.2) is 0 Å². The molecular weight excluding hydrogens is 328 g/mol. The maximum atomic E-state index is 11.9. The minimum Gasteiger partial charge on any atom is -0.371 e. The Bertz CT molecular complexity index is 518. The lowest BCUT2D eigenvalue weighted by Gasteiger charge is -2.30. The molecule has 0 heterocycles. The van der Waals surface area contributed by atoms with E-state index in [1.54, 1.807) is 6.07 Å². The normalized spacial score (nSPS) is 25.3. The van der Waals surface area contributed by atoms with Gasteiger partial charge < -0.3 is 11.1 Å². The van der Waals surface area contributed by atoms with Gasteiger partial charge in [-0.05, 0) is 58.8 Å². The molecule has 1 unspecified atom stereocenters. The molecule has 3 nitrogen and oxygen atoms in total. The second-order valence-corrected chi connectivity index (χ2v) is 7.30. The van der Waals surface area contributed by atoms with Crippen LogP contribution in [0.4, 0.5) is 5.69 Å². The largest absolute Gasteiger partial charge is 0.371 e. The van der Waals surface area contributed by atoms with Gasteiger partial charge in [0.2, 0.25) is 5.91 Å². The van der Waals surface area contributed by atoms with Crippen LogP contribution in [-0.4, -0.2) is 11.4 Å². The summed E-state index contributed by atoms with van der Waals surface area (Å²) in [4.78, 5) is 11.9. The van der Waals surface area contributed by atoms with Gasteiger partial charge in [0.05, 0.1) is 5.02 Å². The number of hydrogen-bond acceptors (Lipinski definition) is 2. The highest BCUT2D eigenvalue weighted by Crippen LogP contribution is 2.45. The van der Waals surface area contributed by atoms with E-state index in [-0.39, 0.29) is 11.3 Å². The standard InChI is InChI=1S/C14H18BrClN2O/c1-13(2)5-6-14(8-13,12(17)19)18-9-3-4-11(16)10(15)7-9/h3-4,7,18H,5-6,8H2,1-2H3,(H2,17,19). The van der Waals surface area contributed by atoms with Crippen molar-refractivity contribution in [1.29, 1.82) is 0 Å². The molecule has 1 aliphatic carbocycles. The van der Waals surface area contributed by atoms with Crippen LogP contribution in [0.5, 0.6) is 0 Å². The predicted octanol–water partition coefficient (Wildman–Crippen LogP) is 3.95. The number of hydrogen-bond donors (Lipinski definition) is 2. The molecule has 0 aliphatic heterocycles. The van der Waals surface area contributed by atoms with Gasteiger partial charge in [0.15, 0.2) is 0 Å². The average Bonchev–Trinajstić information content (AvgIpc) is 2.61. The number of primary amides is 1. The molecule has 1 fully saturated rings. The lowest BCUT2D eigenvalue weighted by molar-refractivity contribution is -0.122. The topological polar surface area (TPSA) is 55.1 Å². The summed E-state index contributed by atoms with van der Waals surface area (Å²) in [6.45, 7) is 4.33. The van der Waals surface area contributed by atoms with Gasteiger partial charge in [-0.3, -0.25) is 4.79 Å². The molecule has 1 atom stereocenters. The highest BCUT2D eigenvalue weighted by molar-refractivity contribution is 9.10. The van der Waals surface area contributed by atoms with Gasteiger partial charge in [-0.1, -0.05) is 25.4 Å². The highest BCUT2D eigenvalue weighted by Gasteiger charge is 2.47. The molecular formula is C14H18BrClN2O. The second kappa shape index (κ2) is 4.98. The number of nitrogens with two attached hydrogens (primary N) is 1. The SMILES string of the molecule is CC1(C)CCC(Nc2ccc(Cl)c(Br)c2)(C(N)=O)C1. The number of carbonyl (C=O) groups excluding carboxylic acids is 1. The minimum atomic E-state index is -0.656. The summed E-state index contributed by atoms with van der Waals surface area (Å²) in [5.74, 6) is -0.288. The van der Waals surface area contributed by atoms with E-state index in [1.807, 2.05) is 12.1 Å². The van der Waals surface area contributed by atoms with Gasteiger partial charge >= 0.3 is 0 Å². The van der Waals surface area contributed by atoms with Crippen LogP contribution >= 0.6 is 27.5 Å². The summed E-state index contributed by atoms with van der Waals surface area (Å²) >= 11 is 9.36. The van der Waals surface area contributed by atoms with Gasteiger partial charge in [-0.2, -0.15) is 0 Å². The number of anilines is 1. The number of benzene rings is 1. The summed E-state index contributed by atoms with van der Waals surface area (Å²) in [5.41, 5.74) is 5.96. The Morgan fingerprint density at radius 2 is 2.11 bits per heavy atom. The van der Waals surface area contributed by atoms with Crippen LogP contribution in [0, 0.1) is 5.41 Å². The van der Waals surface area contributed by atoms with Crippen molar-refractivity contribution in [2.75, 3.05) is 5.32 Å². The average molecular weight is 346 g/mol. The zero-order valence-corrected chi connectivity index (χ0v) is 13.4. The Balaban J connectivity index is 2.27. The predicted molar refractivity (Wildman–Crippen MR) is 82.3 cm³/mol. The van der Waals surface area contributed by atoms with Crippen molar-refractivity contribution in [1.82, 2.24) is 0 Å². The fraction of sp³-hybridized carbons (Fsp3) is 0.500. The molecule has 5 heteroatoms. The quantitative estimate of drug-likeness (QED) is 0.871. The molecule has 19 heavy (non-hydrogen) atoms. The smallest absolute Gasteiger partial charge is 0.243 e. The maximum Gasteiger partial charge on any atom is 0.243 e. The highest BCUT2D eigenvalue weighted by atomic mass is 79.9. The zero-order valence-electron chi connectivity index (χ0n) is 11.1. The third kappa shape index (κ3) is 3.06. The molecule has 0 radical (unpaired) electrons. The maximum absolute atomic E-state index is 11.9. The Kier molecular flexibility index (Phi) is 3.85. The zero-order chi connectivity index (χ0) is 14.3. The molecule has 0 spiro atoms. The lowest BCUT2D eigenvalue weighted by Crippen LogP contribution is -2.49. The second-order valence-electron chi connectivity index (χ2n) is 6.04. The number of amides is 1. The van der Waals surface area contributed by atoms with Gasteiger partial charge in [0.25, 0.3) is 0 Å². The van der Waals surface area contributed by atoms with Crippen LogP contribution in [0.25, 0.3) is 0 Å². The monoisotopic (exact) mass is 344 g/mol. The van der Waals surface area contributed by atoms with Crippen molar-refractivity contribution < 1.29 is 4.79 Å². The van der Waals surface area contributed by atoms with E-state index >= 15 is 0 Å². The number of nitrogens with one attached hydrogen (secondary N) is 1. The Morgan fingerprint density at radius 1 is 1.42 bits per heavy atom. The van der Waals surface area contributed by atoms with E-state index in [9.17, 15) is 4.79 Å². The van der Waals surface area contributed by atoms with Crippen LogP contribution in [-0.2, 0) is 4.79 Å². The summed E-state index contributed by atoms with van der Waals surface area (Å²) in [5, 5.41) is 3.96. The Hall–Kier alpha value is -0.740. The molecule has 1 saturated carbocycles. The third-order valence-corrected chi connectivity index (χ3v) is 5.00. The van der Waals surface area contributed by atoms with Crippen molar-refractivity contribution >= 4 is 39.1 Å². The van der Waals surface area contributed by atoms with Gasteiger partial charge in [0, 0.05) is 10.2 Å². The van der Waals surface area contributed by atoms with Crippen LogP contribution in [0.1, 0.15) is 33.1 Å². The number of rotatable bonds is 3. The van der Waals surface area contributed by atoms with Crippen molar-refractivity contribution in [3.8, 4) is 0 Å². The van der Waals surface area contributed by atoms with Crippen LogP contribution in [0.2, 0.25) is 5.02 Å². The lowest BCUT2D eigenvalue weighted by atomic mass is 9.87. The molecule has 0 bridgehead atoms. The molecule has 2 rings (SSSR count). The summed E-state index contributed by atoms with van der Waals surface area (Å²) in [7, 11) is 0. The molecule has 0 saturated heterocycles. The van der Waals surface area contributed by atoms with Crippen LogP contribution in [0.15, 0.2) is 22.7 Å². The first kappa shape index (κ1) is 14.7. The van der Waals surface area contributed by atoms with Gasteiger partial charge in [-0.15, -0.1) is 0 Å². The van der Waals surface area contributed by atoms with E-state index in [0.717, 1.165) is 29.4 Å². The molecule has 1 aromatic carbocycles. The fourth-order valence-corrected chi connectivity index (χ4v) is 3.27. The van der Waals surface area contributed by atoms with Crippen molar-refractivity contribution in [2.24, 2.45) is 11.1 Å². The third-order valence-electron chi connectivity index (χ3n) is 3.78. The fourth-order valence-electron chi connectivity index (χ4n) is 2.77. The van der Waals surface area contributed by atoms with E-state index in [4.69, 9.17) is 17.3 Å². The number of carbonyl (C=O) groups is 1. The van der Waals surface area contributed by atoms with Crippen molar-refractivity contribution in [3.63, 3.8) is 0 Å². The molecule has 3 N–H and O–H groups in total. The van der Waals surface area contributed by atoms with E-state index in [2.05, 4.69) is 35.1 Å². The van der Waals surface area contributed by atoms with Crippen molar-refractivity contribution in [2.45, 2.75) is 38.6 Å². The first-order valence-electron chi connectivity index (χ1n) is 6.27. The minimum absolute atomic E-state index is 0.131. The van der Waals surface area contributed by atoms with Crippen LogP contribution in [0.3, 0.4) is 0 Å². The summed E-state index contributed by atoms with van der Waals surface area (Å²) < 4.78 is 0.802. The Labute approximate surface area is 127 Å². The van der Waals surface area contributed by atoms with E-state index in [0.29, 0.717) is 5.02 Å². The van der Waals surface area contributed by atoms with Crippen molar-refractivity contribution in [3.05, 3.63) is 27.7 Å². The molecule has 1 aliphatic rings. The molecule has 104 valence electrons. The summed E-state index contributed by atoms with van der Waals surface area (Å²) in [6.07, 6.45) is 2.49.